The highest BCUT2D eigenvalue weighted by molar-refractivity contribution is 5.30. The molecule has 0 saturated heterocycles. The quantitative estimate of drug-likeness (QED) is 0.900. The second kappa shape index (κ2) is 5.45. The molecule has 19 heavy (non-hydrogen) atoms. The van der Waals surface area contributed by atoms with Crippen LogP contribution in [0.15, 0.2) is 36.4 Å². The maximum absolute atomic E-state index is 13.6. The number of hydrogen-bond donors (Lipinski definition) is 1. The van der Waals surface area contributed by atoms with Gasteiger partial charge in [0.2, 0.25) is 0 Å². The topological polar surface area (TPSA) is 26.0 Å². The largest absolute Gasteiger partial charge is 0.323 e. The Labute approximate surface area is 109 Å². The zero-order chi connectivity index (χ0) is 14.0. The van der Waals surface area contributed by atoms with Crippen molar-refractivity contribution >= 4 is 0 Å². The Morgan fingerprint density at radius 3 is 2.32 bits per heavy atom. The van der Waals surface area contributed by atoms with Gasteiger partial charge in [0.1, 0.15) is 17.5 Å². The Morgan fingerprint density at radius 2 is 1.68 bits per heavy atom. The molecule has 1 unspecified atom stereocenters. The number of rotatable bonds is 3. The van der Waals surface area contributed by atoms with E-state index in [1.807, 2.05) is 0 Å². The summed E-state index contributed by atoms with van der Waals surface area (Å²) in [6.07, 6.45) is 0.182. The van der Waals surface area contributed by atoms with Crippen molar-refractivity contribution in [2.75, 3.05) is 0 Å². The molecule has 100 valence electrons. The van der Waals surface area contributed by atoms with Gasteiger partial charge >= 0.3 is 0 Å². The lowest BCUT2D eigenvalue weighted by atomic mass is 9.96. The highest BCUT2D eigenvalue weighted by atomic mass is 19.1. The van der Waals surface area contributed by atoms with Gasteiger partial charge in [0.05, 0.1) is 0 Å². The third kappa shape index (κ3) is 2.96. The van der Waals surface area contributed by atoms with Gasteiger partial charge in [-0.15, -0.1) is 0 Å². The van der Waals surface area contributed by atoms with Crippen molar-refractivity contribution in [2.45, 2.75) is 19.4 Å². The lowest BCUT2D eigenvalue weighted by Crippen LogP contribution is -2.17. The molecule has 0 bridgehead atoms. The smallest absolute Gasteiger partial charge is 0.130 e. The Kier molecular flexibility index (Phi) is 3.90. The van der Waals surface area contributed by atoms with E-state index < -0.39 is 17.7 Å². The fraction of sp³-hybridized carbons (Fsp3) is 0.200. The third-order valence-electron chi connectivity index (χ3n) is 3.12. The van der Waals surface area contributed by atoms with Gasteiger partial charge in [0.15, 0.2) is 0 Å². The second-order valence-corrected chi connectivity index (χ2v) is 4.52. The summed E-state index contributed by atoms with van der Waals surface area (Å²) in [4.78, 5) is 0. The van der Waals surface area contributed by atoms with Crippen molar-refractivity contribution in [1.82, 2.24) is 0 Å². The van der Waals surface area contributed by atoms with Gasteiger partial charge in [-0.2, -0.15) is 0 Å². The first-order valence-electron chi connectivity index (χ1n) is 5.93. The third-order valence-corrected chi connectivity index (χ3v) is 3.12. The minimum absolute atomic E-state index is 0.161. The maximum Gasteiger partial charge on any atom is 0.130 e. The zero-order valence-electron chi connectivity index (χ0n) is 10.5. The van der Waals surface area contributed by atoms with Crippen LogP contribution < -0.4 is 5.73 Å². The van der Waals surface area contributed by atoms with Crippen LogP contribution in [0.25, 0.3) is 0 Å². The van der Waals surface area contributed by atoms with Crippen LogP contribution in [0.2, 0.25) is 0 Å². The van der Waals surface area contributed by atoms with Crippen molar-refractivity contribution < 1.29 is 13.2 Å². The predicted octanol–water partition coefficient (Wildman–Crippen LogP) is 3.65. The standard InChI is InChI=1S/C15H14F3N/c1-9-5-6-11(16)7-10(9)8-14(19)15-12(17)3-2-4-13(15)18/h2-7,14H,8,19H2,1H3. The zero-order valence-corrected chi connectivity index (χ0v) is 10.5. The molecule has 4 heteroatoms. The molecule has 0 radical (unpaired) electrons. The molecule has 0 saturated carbocycles. The van der Waals surface area contributed by atoms with E-state index in [4.69, 9.17) is 5.73 Å². The highest BCUT2D eigenvalue weighted by Gasteiger charge is 2.17. The molecule has 0 spiro atoms. The normalized spacial score (nSPS) is 12.5. The van der Waals surface area contributed by atoms with Crippen molar-refractivity contribution in [3.63, 3.8) is 0 Å². The second-order valence-electron chi connectivity index (χ2n) is 4.52. The number of nitrogens with two attached hydrogens (primary N) is 1. The van der Waals surface area contributed by atoms with E-state index in [1.54, 1.807) is 13.0 Å². The fourth-order valence-corrected chi connectivity index (χ4v) is 2.06. The molecule has 2 N–H and O–H groups in total. The minimum atomic E-state index is -0.846. The van der Waals surface area contributed by atoms with Crippen LogP contribution in [0.5, 0.6) is 0 Å². The fourth-order valence-electron chi connectivity index (χ4n) is 2.06. The Hall–Kier alpha value is -1.81. The van der Waals surface area contributed by atoms with Crippen LogP contribution in [-0.4, -0.2) is 0 Å². The van der Waals surface area contributed by atoms with Crippen molar-refractivity contribution in [3.05, 3.63) is 70.5 Å². The minimum Gasteiger partial charge on any atom is -0.323 e. The van der Waals surface area contributed by atoms with Gasteiger partial charge in [-0.3, -0.25) is 0 Å². The molecule has 0 aromatic heterocycles. The van der Waals surface area contributed by atoms with Gasteiger partial charge in [-0.05, 0) is 48.7 Å². The summed E-state index contributed by atoms with van der Waals surface area (Å²) in [5.41, 5.74) is 7.17. The van der Waals surface area contributed by atoms with Crippen LogP contribution in [0, 0.1) is 24.4 Å². The molecular weight excluding hydrogens is 251 g/mol. The van der Waals surface area contributed by atoms with Crippen molar-refractivity contribution in [2.24, 2.45) is 5.73 Å². The molecule has 2 aromatic rings. The molecule has 0 aliphatic carbocycles. The highest BCUT2D eigenvalue weighted by Crippen LogP contribution is 2.23. The van der Waals surface area contributed by atoms with E-state index in [9.17, 15) is 13.2 Å². The first kappa shape index (κ1) is 13.6. The van der Waals surface area contributed by atoms with Crippen LogP contribution in [0.3, 0.4) is 0 Å². The van der Waals surface area contributed by atoms with Crippen LogP contribution in [0.4, 0.5) is 13.2 Å². The van der Waals surface area contributed by atoms with Crippen LogP contribution in [0.1, 0.15) is 22.7 Å². The first-order valence-corrected chi connectivity index (χ1v) is 5.93. The summed E-state index contributed by atoms with van der Waals surface area (Å²) in [5.74, 6) is -1.75. The number of hydrogen-bond acceptors (Lipinski definition) is 1. The summed E-state index contributed by atoms with van der Waals surface area (Å²) >= 11 is 0. The van der Waals surface area contributed by atoms with Gasteiger partial charge in [-0.1, -0.05) is 12.1 Å². The lowest BCUT2D eigenvalue weighted by molar-refractivity contribution is 0.523. The average molecular weight is 265 g/mol. The van der Waals surface area contributed by atoms with Gasteiger partial charge in [0, 0.05) is 11.6 Å². The van der Waals surface area contributed by atoms with Crippen molar-refractivity contribution in [1.29, 1.82) is 0 Å². The first-order chi connectivity index (χ1) is 8.99. The lowest BCUT2D eigenvalue weighted by Gasteiger charge is -2.15. The van der Waals surface area contributed by atoms with Crippen LogP contribution >= 0.6 is 0 Å². The molecule has 1 nitrogen and oxygen atoms in total. The van der Waals surface area contributed by atoms with E-state index in [2.05, 4.69) is 0 Å². The molecule has 0 heterocycles. The molecule has 0 amide bonds. The summed E-state index contributed by atoms with van der Waals surface area (Å²) in [7, 11) is 0. The molecule has 2 aromatic carbocycles. The van der Waals surface area contributed by atoms with E-state index in [0.717, 1.165) is 17.7 Å². The summed E-state index contributed by atoms with van der Waals surface area (Å²) in [5, 5.41) is 0. The predicted molar refractivity (Wildman–Crippen MR) is 68.1 cm³/mol. The monoisotopic (exact) mass is 265 g/mol. The number of halogens is 3. The molecular formula is C15H14F3N. The summed E-state index contributed by atoms with van der Waals surface area (Å²) in [6.45, 7) is 1.80. The van der Waals surface area contributed by atoms with Gasteiger partial charge in [-0.25, -0.2) is 13.2 Å². The Morgan fingerprint density at radius 1 is 1.05 bits per heavy atom. The Balaban J connectivity index is 2.31. The number of benzene rings is 2. The van der Waals surface area contributed by atoms with E-state index in [0.29, 0.717) is 5.56 Å². The van der Waals surface area contributed by atoms with E-state index in [1.165, 1.54) is 18.2 Å². The van der Waals surface area contributed by atoms with Crippen LogP contribution in [-0.2, 0) is 6.42 Å². The molecule has 0 fully saturated rings. The molecule has 0 aliphatic rings. The SMILES string of the molecule is Cc1ccc(F)cc1CC(N)c1c(F)cccc1F. The van der Waals surface area contributed by atoms with Gasteiger partial charge < -0.3 is 5.73 Å². The molecule has 1 atom stereocenters. The number of aryl methyl sites for hydroxylation is 1. The summed E-state index contributed by atoms with van der Waals surface area (Å²) in [6, 6.07) is 7.07. The van der Waals surface area contributed by atoms with Crippen molar-refractivity contribution in [3.8, 4) is 0 Å². The molecule has 2 rings (SSSR count). The Bertz CT molecular complexity index is 576. The van der Waals surface area contributed by atoms with E-state index >= 15 is 0 Å². The summed E-state index contributed by atoms with van der Waals surface area (Å²) < 4.78 is 40.3. The maximum atomic E-state index is 13.6. The molecule has 0 aliphatic heterocycles. The average Bonchev–Trinajstić information content (AvgIpc) is 2.33. The van der Waals surface area contributed by atoms with E-state index in [-0.39, 0.29) is 17.8 Å². The van der Waals surface area contributed by atoms with Gasteiger partial charge in [0.25, 0.3) is 0 Å².